The van der Waals surface area contributed by atoms with Crippen LogP contribution in [0.25, 0.3) is 10.9 Å². The van der Waals surface area contributed by atoms with E-state index in [1.54, 1.807) is 6.07 Å². The molecule has 0 amide bonds. The van der Waals surface area contributed by atoms with E-state index in [-0.39, 0.29) is 25.3 Å². The number of halogens is 1. The summed E-state index contributed by atoms with van der Waals surface area (Å²) in [6.07, 6.45) is 3.19. The van der Waals surface area contributed by atoms with Crippen molar-refractivity contribution in [1.82, 2.24) is 4.98 Å². The number of aromatic nitrogens is 1. The largest absolute Gasteiger partial charge is 0.469 e. The quantitative estimate of drug-likeness (QED) is 0.631. The third-order valence-electron chi connectivity index (χ3n) is 3.34. The summed E-state index contributed by atoms with van der Waals surface area (Å²) >= 11 is 0. The van der Waals surface area contributed by atoms with Crippen LogP contribution in [0.3, 0.4) is 0 Å². The summed E-state index contributed by atoms with van der Waals surface area (Å²) in [4.78, 5) is 25.4. The lowest BCUT2D eigenvalue weighted by Gasteiger charge is -2.04. The summed E-state index contributed by atoms with van der Waals surface area (Å²) in [5, 5.41) is 0.844. The fourth-order valence-electron chi connectivity index (χ4n) is 2.18. The number of methoxy groups -OCH3 is 1. The van der Waals surface area contributed by atoms with Crippen molar-refractivity contribution in [3.63, 3.8) is 0 Å². The topological polar surface area (TPSA) is 68.4 Å². The van der Waals surface area contributed by atoms with Crippen molar-refractivity contribution in [2.75, 3.05) is 13.7 Å². The Balaban J connectivity index is 1.75. The van der Waals surface area contributed by atoms with Gasteiger partial charge in [0.15, 0.2) is 0 Å². The Hall–Kier alpha value is -2.37. The number of benzene rings is 1. The van der Waals surface area contributed by atoms with Crippen LogP contribution in [0.4, 0.5) is 4.39 Å². The second kappa shape index (κ2) is 7.59. The van der Waals surface area contributed by atoms with Crippen LogP contribution in [-0.2, 0) is 25.5 Å². The number of carbonyl (C=O) groups is 2. The highest BCUT2D eigenvalue weighted by Crippen LogP contribution is 2.20. The van der Waals surface area contributed by atoms with Gasteiger partial charge in [-0.2, -0.15) is 0 Å². The van der Waals surface area contributed by atoms with Gasteiger partial charge in [0.2, 0.25) is 0 Å². The zero-order valence-electron chi connectivity index (χ0n) is 12.4. The molecule has 5 nitrogen and oxygen atoms in total. The molecule has 2 aromatic rings. The van der Waals surface area contributed by atoms with Gasteiger partial charge in [-0.15, -0.1) is 0 Å². The Morgan fingerprint density at radius 1 is 1.23 bits per heavy atom. The van der Waals surface area contributed by atoms with Crippen molar-refractivity contribution >= 4 is 22.8 Å². The van der Waals surface area contributed by atoms with Gasteiger partial charge in [0.05, 0.1) is 26.6 Å². The summed E-state index contributed by atoms with van der Waals surface area (Å²) in [7, 11) is 1.28. The molecule has 0 aliphatic heterocycles. The van der Waals surface area contributed by atoms with Gasteiger partial charge < -0.3 is 14.5 Å². The molecular weight excluding hydrogens is 289 g/mol. The average molecular weight is 307 g/mol. The minimum atomic E-state index is -0.433. The van der Waals surface area contributed by atoms with Gasteiger partial charge in [0.25, 0.3) is 0 Å². The molecule has 0 atom stereocenters. The lowest BCUT2D eigenvalue weighted by atomic mass is 10.1. The molecule has 0 spiro atoms. The molecule has 0 bridgehead atoms. The molecule has 0 saturated heterocycles. The molecule has 118 valence electrons. The lowest BCUT2D eigenvalue weighted by molar-refractivity contribution is -0.149. The van der Waals surface area contributed by atoms with Crippen LogP contribution >= 0.6 is 0 Å². The highest BCUT2D eigenvalue weighted by molar-refractivity contribution is 5.83. The first-order valence-electron chi connectivity index (χ1n) is 7.08. The predicted octanol–water partition coefficient (Wildman–Crippen LogP) is 2.74. The summed E-state index contributed by atoms with van der Waals surface area (Å²) < 4.78 is 22.7. The number of nitrogens with one attached hydrogen (secondary N) is 1. The zero-order valence-corrected chi connectivity index (χ0v) is 12.4. The average Bonchev–Trinajstić information content (AvgIpc) is 2.91. The number of carbonyl (C=O) groups excluding carboxylic acids is 2. The standard InChI is InChI=1S/C16H18FNO4/c1-21-15(19)6-7-16(20)22-8-2-3-11-10-18-14-5-4-12(17)9-13(11)14/h4-5,9-10,18H,2-3,6-8H2,1H3. The van der Waals surface area contributed by atoms with Crippen LogP contribution in [0.1, 0.15) is 24.8 Å². The van der Waals surface area contributed by atoms with E-state index >= 15 is 0 Å². The highest BCUT2D eigenvalue weighted by atomic mass is 19.1. The van der Waals surface area contributed by atoms with Gasteiger partial charge in [0, 0.05) is 17.1 Å². The van der Waals surface area contributed by atoms with Crippen LogP contribution in [0, 0.1) is 5.82 Å². The molecule has 0 unspecified atom stereocenters. The third-order valence-corrected chi connectivity index (χ3v) is 3.34. The first-order chi connectivity index (χ1) is 10.6. The van der Waals surface area contributed by atoms with E-state index in [1.165, 1.54) is 19.2 Å². The SMILES string of the molecule is COC(=O)CCC(=O)OCCCc1c[nH]c2ccc(F)cc12. The minimum absolute atomic E-state index is 0.0188. The molecule has 1 aromatic carbocycles. The van der Waals surface area contributed by atoms with Gasteiger partial charge in [-0.25, -0.2) is 4.39 Å². The van der Waals surface area contributed by atoms with E-state index in [0.717, 1.165) is 16.5 Å². The van der Waals surface area contributed by atoms with Crippen LogP contribution in [0.5, 0.6) is 0 Å². The number of hydrogen-bond donors (Lipinski definition) is 1. The van der Waals surface area contributed by atoms with Crippen molar-refractivity contribution in [3.05, 3.63) is 35.8 Å². The van der Waals surface area contributed by atoms with Crippen molar-refractivity contribution < 1.29 is 23.5 Å². The molecule has 1 aromatic heterocycles. The fourth-order valence-corrected chi connectivity index (χ4v) is 2.18. The second-order valence-corrected chi connectivity index (χ2v) is 4.90. The summed E-state index contributed by atoms with van der Waals surface area (Å²) in [5.74, 6) is -1.13. The Labute approximate surface area is 127 Å². The van der Waals surface area contributed by atoms with Crippen molar-refractivity contribution in [2.45, 2.75) is 25.7 Å². The molecule has 0 aliphatic carbocycles. The predicted molar refractivity (Wildman–Crippen MR) is 78.8 cm³/mol. The van der Waals surface area contributed by atoms with E-state index < -0.39 is 11.9 Å². The molecule has 0 radical (unpaired) electrons. The highest BCUT2D eigenvalue weighted by Gasteiger charge is 2.08. The number of hydrogen-bond acceptors (Lipinski definition) is 4. The summed E-state index contributed by atoms with van der Waals surface area (Å²) in [6, 6.07) is 4.59. The van der Waals surface area contributed by atoms with Gasteiger partial charge in [0.1, 0.15) is 5.82 Å². The van der Waals surface area contributed by atoms with Gasteiger partial charge in [-0.05, 0) is 36.6 Å². The van der Waals surface area contributed by atoms with Crippen molar-refractivity contribution in [2.24, 2.45) is 0 Å². The maximum atomic E-state index is 13.2. The molecule has 1 heterocycles. The first kappa shape index (κ1) is 16.0. The number of aryl methyl sites for hydroxylation is 1. The van der Waals surface area contributed by atoms with E-state index in [0.29, 0.717) is 12.8 Å². The van der Waals surface area contributed by atoms with Crippen LogP contribution in [-0.4, -0.2) is 30.6 Å². The molecule has 1 N–H and O–H groups in total. The van der Waals surface area contributed by atoms with Crippen LogP contribution in [0.15, 0.2) is 24.4 Å². The fraction of sp³-hybridized carbons (Fsp3) is 0.375. The molecule has 0 fully saturated rings. The number of fused-ring (bicyclic) bond motifs is 1. The molecule has 22 heavy (non-hydrogen) atoms. The molecule has 0 aliphatic rings. The summed E-state index contributed by atoms with van der Waals surface area (Å²) in [5.41, 5.74) is 1.87. The summed E-state index contributed by atoms with van der Waals surface area (Å²) in [6.45, 7) is 0.266. The number of ether oxygens (including phenoxy) is 2. The van der Waals surface area contributed by atoms with Crippen LogP contribution < -0.4 is 0 Å². The van der Waals surface area contributed by atoms with E-state index in [4.69, 9.17) is 4.74 Å². The Morgan fingerprint density at radius 2 is 2.00 bits per heavy atom. The minimum Gasteiger partial charge on any atom is -0.469 e. The third kappa shape index (κ3) is 4.31. The van der Waals surface area contributed by atoms with Crippen molar-refractivity contribution in [3.8, 4) is 0 Å². The first-order valence-corrected chi connectivity index (χ1v) is 7.08. The van der Waals surface area contributed by atoms with Gasteiger partial charge in [-0.3, -0.25) is 9.59 Å². The zero-order chi connectivity index (χ0) is 15.9. The second-order valence-electron chi connectivity index (χ2n) is 4.90. The van der Waals surface area contributed by atoms with Gasteiger partial charge >= 0.3 is 11.9 Å². The van der Waals surface area contributed by atoms with E-state index in [1.807, 2.05) is 6.20 Å². The smallest absolute Gasteiger partial charge is 0.306 e. The Bertz CT molecular complexity index is 665. The maximum Gasteiger partial charge on any atom is 0.306 e. The number of H-pyrrole nitrogens is 1. The monoisotopic (exact) mass is 307 g/mol. The maximum absolute atomic E-state index is 13.2. The lowest BCUT2D eigenvalue weighted by Crippen LogP contribution is -2.10. The van der Waals surface area contributed by atoms with E-state index in [2.05, 4.69) is 9.72 Å². The normalized spacial score (nSPS) is 10.6. The Kier molecular flexibility index (Phi) is 5.52. The molecule has 6 heteroatoms. The molecule has 2 rings (SSSR count). The number of esters is 2. The van der Waals surface area contributed by atoms with Gasteiger partial charge in [-0.1, -0.05) is 0 Å². The number of rotatable bonds is 7. The van der Waals surface area contributed by atoms with Crippen LogP contribution in [0.2, 0.25) is 0 Å². The molecule has 0 saturated carbocycles. The van der Waals surface area contributed by atoms with Crippen molar-refractivity contribution in [1.29, 1.82) is 0 Å². The Morgan fingerprint density at radius 3 is 2.77 bits per heavy atom. The molecular formula is C16H18FNO4. The number of aromatic amines is 1. The van der Waals surface area contributed by atoms with E-state index in [9.17, 15) is 14.0 Å².